The molecule has 17 heavy (non-hydrogen) atoms. The molecular formula is C11H15ClN2O2S. The number of benzene rings is 1. The second-order valence-corrected chi connectivity index (χ2v) is 6.79. The normalized spacial score (nSPS) is 18.7. The Hall–Kier alpha value is -0.780. The topological polar surface area (TPSA) is 72.2 Å². The van der Waals surface area contributed by atoms with Crippen LogP contribution < -0.4 is 10.5 Å². The van der Waals surface area contributed by atoms with Gasteiger partial charge in [-0.2, -0.15) is 0 Å². The minimum Gasteiger partial charge on any atom is -0.398 e. The Kier molecular flexibility index (Phi) is 3.10. The summed E-state index contributed by atoms with van der Waals surface area (Å²) in [5.41, 5.74) is 5.55. The Balaban J connectivity index is 2.34. The fourth-order valence-electron chi connectivity index (χ4n) is 1.93. The van der Waals surface area contributed by atoms with E-state index in [1.807, 2.05) is 6.92 Å². The molecule has 1 aliphatic carbocycles. The van der Waals surface area contributed by atoms with Crippen molar-refractivity contribution in [2.75, 3.05) is 5.73 Å². The zero-order chi connectivity index (χ0) is 12.7. The van der Waals surface area contributed by atoms with Gasteiger partial charge >= 0.3 is 0 Å². The Labute approximate surface area is 106 Å². The molecule has 1 saturated carbocycles. The highest BCUT2D eigenvalue weighted by Crippen LogP contribution is 2.33. The van der Waals surface area contributed by atoms with Gasteiger partial charge in [0.1, 0.15) is 4.90 Å². The maximum atomic E-state index is 12.2. The first kappa shape index (κ1) is 12.7. The predicted octanol–water partition coefficient (Wildman–Crippen LogP) is 2.14. The largest absolute Gasteiger partial charge is 0.398 e. The number of sulfonamides is 1. The van der Waals surface area contributed by atoms with Gasteiger partial charge in [-0.25, -0.2) is 13.1 Å². The van der Waals surface area contributed by atoms with Crippen LogP contribution in [0.1, 0.15) is 26.2 Å². The SMILES string of the molecule is CC1(NS(=O)(=O)c2cc(Cl)ccc2N)CCC1. The molecule has 0 aliphatic heterocycles. The molecule has 0 spiro atoms. The van der Waals surface area contributed by atoms with E-state index in [1.165, 1.54) is 12.1 Å². The van der Waals surface area contributed by atoms with Crippen LogP contribution in [0.5, 0.6) is 0 Å². The summed E-state index contributed by atoms with van der Waals surface area (Å²) in [4.78, 5) is 0.0538. The summed E-state index contributed by atoms with van der Waals surface area (Å²) in [6.07, 6.45) is 2.75. The van der Waals surface area contributed by atoms with Crippen molar-refractivity contribution in [3.8, 4) is 0 Å². The van der Waals surface area contributed by atoms with Crippen LogP contribution in [-0.4, -0.2) is 14.0 Å². The quantitative estimate of drug-likeness (QED) is 0.830. The number of hydrogen-bond acceptors (Lipinski definition) is 3. The van der Waals surface area contributed by atoms with Gasteiger partial charge in [-0.3, -0.25) is 0 Å². The molecule has 4 nitrogen and oxygen atoms in total. The van der Waals surface area contributed by atoms with Crippen LogP contribution >= 0.6 is 11.6 Å². The molecule has 1 aliphatic rings. The number of anilines is 1. The summed E-state index contributed by atoms with van der Waals surface area (Å²) in [5.74, 6) is 0. The van der Waals surface area contributed by atoms with Gasteiger partial charge in [-0.15, -0.1) is 0 Å². The molecule has 94 valence electrons. The van der Waals surface area contributed by atoms with Crippen molar-refractivity contribution >= 4 is 27.3 Å². The highest BCUT2D eigenvalue weighted by molar-refractivity contribution is 7.89. The number of hydrogen-bond donors (Lipinski definition) is 2. The number of halogens is 1. The second-order valence-electron chi connectivity index (χ2n) is 4.70. The minimum atomic E-state index is -3.59. The predicted molar refractivity (Wildman–Crippen MR) is 68.4 cm³/mol. The van der Waals surface area contributed by atoms with Crippen molar-refractivity contribution in [2.24, 2.45) is 0 Å². The lowest BCUT2D eigenvalue weighted by Crippen LogP contribution is -2.50. The van der Waals surface area contributed by atoms with Crippen LogP contribution in [0.15, 0.2) is 23.1 Å². The Bertz CT molecular complexity index is 538. The lowest BCUT2D eigenvalue weighted by Gasteiger charge is -2.38. The fourth-order valence-corrected chi connectivity index (χ4v) is 3.79. The van der Waals surface area contributed by atoms with E-state index in [0.717, 1.165) is 19.3 Å². The monoisotopic (exact) mass is 274 g/mol. The Morgan fingerprint density at radius 1 is 1.41 bits per heavy atom. The van der Waals surface area contributed by atoms with Gasteiger partial charge in [0, 0.05) is 10.6 Å². The molecule has 0 radical (unpaired) electrons. The molecule has 6 heteroatoms. The maximum absolute atomic E-state index is 12.2. The average molecular weight is 275 g/mol. The maximum Gasteiger partial charge on any atom is 0.243 e. The first-order valence-corrected chi connectivity index (χ1v) is 7.28. The van der Waals surface area contributed by atoms with Gasteiger partial charge in [0.05, 0.1) is 5.69 Å². The third-order valence-corrected chi connectivity index (χ3v) is 5.03. The number of nitrogen functional groups attached to an aromatic ring is 1. The summed E-state index contributed by atoms with van der Waals surface area (Å²) in [6, 6.07) is 4.45. The third-order valence-electron chi connectivity index (χ3n) is 3.10. The molecule has 0 aromatic heterocycles. The molecule has 0 bridgehead atoms. The van der Waals surface area contributed by atoms with Crippen LogP contribution in [-0.2, 0) is 10.0 Å². The smallest absolute Gasteiger partial charge is 0.243 e. The molecule has 3 N–H and O–H groups in total. The molecule has 0 amide bonds. The molecule has 0 saturated heterocycles. The lowest BCUT2D eigenvalue weighted by molar-refractivity contribution is 0.248. The van der Waals surface area contributed by atoms with Crippen molar-refractivity contribution in [1.82, 2.24) is 4.72 Å². The molecule has 0 heterocycles. The number of nitrogens with one attached hydrogen (secondary N) is 1. The van der Waals surface area contributed by atoms with Crippen LogP contribution in [0.2, 0.25) is 5.02 Å². The van der Waals surface area contributed by atoms with E-state index in [1.54, 1.807) is 6.07 Å². The van der Waals surface area contributed by atoms with Crippen molar-refractivity contribution in [2.45, 2.75) is 36.6 Å². The van der Waals surface area contributed by atoms with E-state index in [2.05, 4.69) is 4.72 Å². The number of rotatable bonds is 3. The van der Waals surface area contributed by atoms with Crippen LogP contribution in [0.25, 0.3) is 0 Å². The van der Waals surface area contributed by atoms with Gasteiger partial charge in [0.25, 0.3) is 0 Å². The molecule has 1 aromatic carbocycles. The molecule has 0 atom stereocenters. The van der Waals surface area contributed by atoms with Crippen molar-refractivity contribution < 1.29 is 8.42 Å². The van der Waals surface area contributed by atoms with Gasteiger partial charge < -0.3 is 5.73 Å². The highest BCUT2D eigenvalue weighted by Gasteiger charge is 2.36. The first-order valence-electron chi connectivity index (χ1n) is 5.41. The highest BCUT2D eigenvalue weighted by atomic mass is 35.5. The molecule has 1 fully saturated rings. The van der Waals surface area contributed by atoms with Crippen molar-refractivity contribution in [3.05, 3.63) is 23.2 Å². The standard InChI is InChI=1S/C11H15ClN2O2S/c1-11(5-2-6-11)14-17(15,16)10-7-8(12)3-4-9(10)13/h3-4,7,14H,2,5-6,13H2,1H3. The fraction of sp³-hybridized carbons (Fsp3) is 0.455. The lowest BCUT2D eigenvalue weighted by atomic mass is 9.80. The molecule has 0 unspecified atom stereocenters. The van der Waals surface area contributed by atoms with E-state index < -0.39 is 10.0 Å². The first-order chi connectivity index (χ1) is 7.82. The molecular weight excluding hydrogens is 260 g/mol. The summed E-state index contributed by atoms with van der Waals surface area (Å²) in [5, 5.41) is 0.360. The van der Waals surface area contributed by atoms with Crippen molar-refractivity contribution in [3.63, 3.8) is 0 Å². The van der Waals surface area contributed by atoms with Crippen molar-refractivity contribution in [1.29, 1.82) is 0 Å². The van der Waals surface area contributed by atoms with E-state index in [9.17, 15) is 8.42 Å². The van der Waals surface area contributed by atoms with Gasteiger partial charge in [-0.1, -0.05) is 11.6 Å². The molecule has 2 rings (SSSR count). The van der Waals surface area contributed by atoms with Gasteiger partial charge in [0.15, 0.2) is 0 Å². The van der Waals surface area contributed by atoms with E-state index in [-0.39, 0.29) is 16.1 Å². The summed E-state index contributed by atoms with van der Waals surface area (Å²) in [6.45, 7) is 1.90. The van der Waals surface area contributed by atoms with E-state index in [4.69, 9.17) is 17.3 Å². The van der Waals surface area contributed by atoms with Crippen LogP contribution in [0.4, 0.5) is 5.69 Å². The average Bonchev–Trinajstić information content (AvgIpc) is 2.18. The van der Waals surface area contributed by atoms with Gasteiger partial charge in [-0.05, 0) is 44.4 Å². The summed E-state index contributed by atoms with van der Waals surface area (Å²) < 4.78 is 27.0. The Morgan fingerprint density at radius 2 is 2.06 bits per heavy atom. The van der Waals surface area contributed by atoms with E-state index in [0.29, 0.717) is 5.02 Å². The third kappa shape index (κ3) is 2.56. The zero-order valence-corrected chi connectivity index (χ0v) is 11.1. The second kappa shape index (κ2) is 4.15. The number of nitrogens with two attached hydrogens (primary N) is 1. The zero-order valence-electron chi connectivity index (χ0n) is 9.53. The minimum absolute atomic E-state index is 0.0538. The van der Waals surface area contributed by atoms with Crippen LogP contribution in [0.3, 0.4) is 0 Å². The Morgan fingerprint density at radius 3 is 2.59 bits per heavy atom. The summed E-state index contributed by atoms with van der Waals surface area (Å²) >= 11 is 5.79. The summed E-state index contributed by atoms with van der Waals surface area (Å²) in [7, 11) is -3.59. The molecule has 1 aromatic rings. The van der Waals surface area contributed by atoms with Gasteiger partial charge in [0.2, 0.25) is 10.0 Å². The van der Waals surface area contributed by atoms with Crippen LogP contribution in [0, 0.1) is 0 Å². The van der Waals surface area contributed by atoms with E-state index >= 15 is 0 Å².